The van der Waals surface area contributed by atoms with Crippen molar-refractivity contribution in [2.45, 2.75) is 97.4 Å². The lowest BCUT2D eigenvalue weighted by Crippen LogP contribution is -2.57. The number of nitrogens with one attached hydrogen (secondary N) is 2. The maximum atomic E-state index is 14.1. The zero-order valence-corrected chi connectivity index (χ0v) is 43.3. The van der Waals surface area contributed by atoms with Crippen LogP contribution in [0.4, 0.5) is 0 Å². The van der Waals surface area contributed by atoms with Crippen molar-refractivity contribution in [3.8, 4) is 21.9 Å². The molecule has 2 saturated heterocycles. The lowest BCUT2D eigenvalue weighted by atomic mass is 9.85. The minimum Gasteiger partial charge on any atom is -0.508 e. The molecule has 12 nitrogen and oxygen atoms in total. The summed E-state index contributed by atoms with van der Waals surface area (Å²) in [5, 5.41) is 26.6. The summed E-state index contributed by atoms with van der Waals surface area (Å²) in [6.07, 6.45) is 4.06. The summed E-state index contributed by atoms with van der Waals surface area (Å²) >= 11 is 7.93. The maximum Gasteiger partial charge on any atom is 0.246 e. The van der Waals surface area contributed by atoms with E-state index in [1.54, 1.807) is 23.5 Å². The van der Waals surface area contributed by atoms with Gasteiger partial charge in [-0.2, -0.15) is 0 Å². The second-order valence-electron chi connectivity index (χ2n) is 19.9. The molecule has 2 aliphatic rings. The molecular formula is C57H71ClN6O6S. The molecule has 3 atom stereocenters. The van der Waals surface area contributed by atoms with Gasteiger partial charge < -0.3 is 35.4 Å². The van der Waals surface area contributed by atoms with Gasteiger partial charge in [-0.25, -0.2) is 4.98 Å². The number of unbranched alkanes of at least 4 members (excludes halogenated alkanes) is 3. The standard InChI is InChI=1S/C57H71ClN6O6S/c1-40-53(71-39-60-40)45-17-15-41(16-18-45)37-59-55(68)50-36-47(66)38-64(50)56(69)54(57(2,3)4)61-51(67)14-10-5-6-11-29-62-30-32-63(33-31-62)34-35-70-48-25-21-44(22-26-48)52(43-19-23-46(65)24-20-43)49(27-28-58)42-12-8-7-9-13-42/h7-9,12-13,15-26,39,47,50,54,65-66H,5-6,10-11,14,27-38H2,1-4H3,(H,59,68)(H,61,67)/t47-,50+,54?/m1/s1. The number of phenols is 1. The molecule has 378 valence electrons. The van der Waals surface area contributed by atoms with E-state index in [0.29, 0.717) is 25.3 Å². The number of carbonyl (C=O) groups excluding carboxylic acids is 3. The molecule has 0 bridgehead atoms. The van der Waals surface area contributed by atoms with Crippen molar-refractivity contribution in [1.29, 1.82) is 0 Å². The van der Waals surface area contributed by atoms with E-state index in [0.717, 1.165) is 120 Å². The Morgan fingerprint density at radius 2 is 1.46 bits per heavy atom. The van der Waals surface area contributed by atoms with Crippen LogP contribution >= 0.6 is 22.9 Å². The number of likely N-dealkylation sites (tertiary alicyclic amines) is 1. The fourth-order valence-corrected chi connectivity index (χ4v) is 10.5. The molecule has 3 heterocycles. The Hall–Kier alpha value is -5.57. The van der Waals surface area contributed by atoms with Crippen molar-refractivity contribution in [2.24, 2.45) is 5.41 Å². The highest BCUT2D eigenvalue weighted by Gasteiger charge is 2.44. The third-order valence-electron chi connectivity index (χ3n) is 13.5. The molecule has 4 aromatic carbocycles. The number of β-amino-alcohol motifs (C(OH)–C–C–N with tert-alkyl or cyclic N) is 1. The highest BCUT2D eigenvalue weighted by molar-refractivity contribution is 7.13. The molecule has 7 rings (SSSR count). The molecule has 5 aromatic rings. The average Bonchev–Trinajstić information content (AvgIpc) is 3.99. The number of benzene rings is 4. The average molecular weight is 1000 g/mol. The van der Waals surface area contributed by atoms with Crippen LogP contribution < -0.4 is 15.4 Å². The Labute approximate surface area is 429 Å². The molecule has 0 radical (unpaired) electrons. The molecule has 2 aliphatic heterocycles. The van der Waals surface area contributed by atoms with Crippen LogP contribution in [0.1, 0.15) is 93.7 Å². The smallest absolute Gasteiger partial charge is 0.246 e. The van der Waals surface area contributed by atoms with Crippen molar-refractivity contribution < 1.29 is 29.3 Å². The van der Waals surface area contributed by atoms with Gasteiger partial charge in [-0.3, -0.25) is 19.3 Å². The molecule has 0 aliphatic carbocycles. The van der Waals surface area contributed by atoms with Gasteiger partial charge in [-0.05, 0) is 101 Å². The van der Waals surface area contributed by atoms with Crippen LogP contribution in [0, 0.1) is 12.3 Å². The van der Waals surface area contributed by atoms with E-state index in [-0.39, 0.29) is 43.0 Å². The number of allylic oxidation sites excluding steroid dienone is 1. The summed E-state index contributed by atoms with van der Waals surface area (Å²) in [6.45, 7) is 14.5. The van der Waals surface area contributed by atoms with E-state index < -0.39 is 23.6 Å². The van der Waals surface area contributed by atoms with Gasteiger partial charge >= 0.3 is 0 Å². The number of aliphatic hydroxyl groups excluding tert-OH is 1. The first-order chi connectivity index (χ1) is 34.3. The number of aromatic nitrogens is 1. The number of aromatic hydroxyl groups is 1. The Kier molecular flexibility index (Phi) is 19.3. The molecule has 14 heteroatoms. The Morgan fingerprint density at radius 3 is 2.10 bits per heavy atom. The van der Waals surface area contributed by atoms with Crippen molar-refractivity contribution in [3.63, 3.8) is 0 Å². The van der Waals surface area contributed by atoms with E-state index in [9.17, 15) is 24.6 Å². The van der Waals surface area contributed by atoms with Gasteiger partial charge in [0.2, 0.25) is 17.7 Å². The number of halogens is 1. The number of alkyl halides is 1. The number of carbonyl (C=O) groups is 3. The van der Waals surface area contributed by atoms with Crippen LogP contribution in [0.25, 0.3) is 21.6 Å². The monoisotopic (exact) mass is 1000 g/mol. The van der Waals surface area contributed by atoms with E-state index in [4.69, 9.17) is 16.3 Å². The lowest BCUT2D eigenvalue weighted by molar-refractivity contribution is -0.144. The van der Waals surface area contributed by atoms with Crippen molar-refractivity contribution in [1.82, 2.24) is 30.3 Å². The number of aliphatic hydroxyl groups is 1. The van der Waals surface area contributed by atoms with Gasteiger partial charge in [0, 0.05) is 64.5 Å². The quantitative estimate of drug-likeness (QED) is 0.0303. The van der Waals surface area contributed by atoms with Gasteiger partial charge in [0.05, 0.1) is 22.2 Å². The van der Waals surface area contributed by atoms with Crippen LogP contribution in [0.5, 0.6) is 11.5 Å². The molecule has 71 heavy (non-hydrogen) atoms. The van der Waals surface area contributed by atoms with E-state index >= 15 is 0 Å². The van der Waals surface area contributed by atoms with Crippen LogP contribution in [0.3, 0.4) is 0 Å². The highest BCUT2D eigenvalue weighted by atomic mass is 35.5. The third-order valence-corrected chi connectivity index (χ3v) is 14.7. The number of hydrogen-bond acceptors (Lipinski definition) is 10. The minimum absolute atomic E-state index is 0.0401. The summed E-state index contributed by atoms with van der Waals surface area (Å²) in [7, 11) is 0. The summed E-state index contributed by atoms with van der Waals surface area (Å²) in [4.78, 5) is 52.7. The predicted octanol–water partition coefficient (Wildman–Crippen LogP) is 9.17. The maximum absolute atomic E-state index is 14.1. The molecular weight excluding hydrogens is 932 g/mol. The van der Waals surface area contributed by atoms with Crippen LogP contribution in [-0.4, -0.2) is 124 Å². The number of amides is 3. The van der Waals surface area contributed by atoms with Crippen LogP contribution in [-0.2, 0) is 20.9 Å². The molecule has 3 amide bonds. The first-order valence-electron chi connectivity index (χ1n) is 25.1. The fraction of sp³-hybridized carbons (Fsp3) is 0.439. The number of piperazine rings is 1. The van der Waals surface area contributed by atoms with E-state index in [1.807, 2.05) is 99.9 Å². The second kappa shape index (κ2) is 25.7. The Morgan fingerprint density at radius 1 is 0.817 bits per heavy atom. The molecule has 1 unspecified atom stereocenters. The molecule has 0 spiro atoms. The van der Waals surface area contributed by atoms with Crippen LogP contribution in [0.2, 0.25) is 0 Å². The number of rotatable bonds is 22. The van der Waals surface area contributed by atoms with Crippen LogP contribution in [0.15, 0.2) is 109 Å². The van der Waals surface area contributed by atoms with Crippen molar-refractivity contribution in [3.05, 3.63) is 137 Å². The fourth-order valence-electron chi connectivity index (χ4n) is 9.53. The third kappa shape index (κ3) is 15.0. The number of thiazole rings is 1. The molecule has 4 N–H and O–H groups in total. The normalized spacial score (nSPS) is 17.4. The van der Waals surface area contributed by atoms with Gasteiger partial charge in [-0.1, -0.05) is 112 Å². The first-order valence-corrected chi connectivity index (χ1v) is 26.6. The zero-order chi connectivity index (χ0) is 50.3. The zero-order valence-electron chi connectivity index (χ0n) is 41.7. The Bertz CT molecular complexity index is 2520. The van der Waals surface area contributed by atoms with Gasteiger partial charge in [-0.15, -0.1) is 22.9 Å². The molecule has 1 aromatic heterocycles. The topological polar surface area (TPSA) is 148 Å². The van der Waals surface area contributed by atoms with Gasteiger partial charge in [0.1, 0.15) is 30.2 Å². The van der Waals surface area contributed by atoms with Gasteiger partial charge in [0.25, 0.3) is 0 Å². The largest absolute Gasteiger partial charge is 0.508 e. The predicted molar refractivity (Wildman–Crippen MR) is 285 cm³/mol. The molecule has 0 saturated carbocycles. The SMILES string of the molecule is Cc1ncsc1-c1ccc(CNC(=O)[C@@H]2C[C@@H](O)CN2C(=O)C(NC(=O)CCCCCCN2CCN(CCOc3ccc(C(=C(CCCl)c4ccccc4)c4ccc(O)cc4)cc3)CC2)C(C)(C)C)cc1. The Balaban J connectivity index is 0.790. The van der Waals surface area contributed by atoms with E-state index in [2.05, 4.69) is 49.7 Å². The van der Waals surface area contributed by atoms with E-state index in [1.165, 1.54) is 4.90 Å². The number of nitrogens with zero attached hydrogens (tertiary/aromatic N) is 4. The molecule has 2 fully saturated rings. The lowest BCUT2D eigenvalue weighted by Gasteiger charge is -2.35. The highest BCUT2D eigenvalue weighted by Crippen LogP contribution is 2.36. The minimum atomic E-state index is -0.842. The number of phenolic OH excluding ortho intramolecular Hbond substituents is 1. The second-order valence-corrected chi connectivity index (χ2v) is 21.1. The number of ether oxygens (including phenoxy) is 1. The summed E-state index contributed by atoms with van der Waals surface area (Å²) in [5.74, 6) is 0.687. The van der Waals surface area contributed by atoms with Gasteiger partial charge in [0.15, 0.2) is 0 Å². The summed E-state index contributed by atoms with van der Waals surface area (Å²) in [5.41, 5.74) is 9.61. The number of hydrogen-bond donors (Lipinski definition) is 4. The summed E-state index contributed by atoms with van der Waals surface area (Å²) in [6, 6.07) is 32.2. The summed E-state index contributed by atoms with van der Waals surface area (Å²) < 4.78 is 6.23. The first kappa shape index (κ1) is 53.2. The number of aryl methyl sites for hydroxylation is 1. The van der Waals surface area contributed by atoms with Crippen molar-refractivity contribution in [2.75, 3.05) is 58.3 Å². The van der Waals surface area contributed by atoms with Crippen molar-refractivity contribution >= 4 is 51.8 Å².